The topological polar surface area (TPSA) is 29.5 Å². The van der Waals surface area contributed by atoms with E-state index in [4.69, 9.17) is 4.74 Å². The molecule has 0 bridgehead atoms. The molecule has 1 aliphatic heterocycles. The second kappa shape index (κ2) is 10.4. The number of benzene rings is 2. The smallest absolute Gasteiger partial charge is 0.222 e. The van der Waals surface area contributed by atoms with Crippen LogP contribution in [-0.4, -0.2) is 30.1 Å². The maximum absolute atomic E-state index is 14.3. The second-order valence-corrected chi connectivity index (χ2v) is 9.26. The molecule has 3 nitrogen and oxygen atoms in total. The lowest BCUT2D eigenvalue weighted by molar-refractivity contribution is -0.132. The standard InChI is InChI=1S/C27H36FNO2/c1-5-26(30)29(19-22-8-6-7-9-24(22)28)16-14-27(23-12-10-21(4)11-13-23)15-17-31-25(18-27)20(2)3/h6-13,20,25H,5,14-19H2,1-4H3/t25-,27+/m0/s1. The number of hydrogen-bond donors (Lipinski definition) is 0. The number of nitrogens with zero attached hydrogens (tertiary/aromatic N) is 1. The van der Waals surface area contributed by atoms with Crippen LogP contribution in [0, 0.1) is 18.7 Å². The molecular formula is C27H36FNO2. The van der Waals surface area contributed by atoms with E-state index in [1.807, 2.05) is 17.9 Å². The van der Waals surface area contributed by atoms with Crippen LogP contribution in [0.3, 0.4) is 0 Å². The zero-order chi connectivity index (χ0) is 22.4. The number of carbonyl (C=O) groups is 1. The number of carbonyl (C=O) groups excluding carboxylic acids is 1. The second-order valence-electron chi connectivity index (χ2n) is 9.26. The Balaban J connectivity index is 1.86. The first-order valence-electron chi connectivity index (χ1n) is 11.5. The lowest BCUT2D eigenvalue weighted by Crippen LogP contribution is -2.43. The highest BCUT2D eigenvalue weighted by molar-refractivity contribution is 5.75. The van der Waals surface area contributed by atoms with Crippen LogP contribution in [-0.2, 0) is 21.5 Å². The van der Waals surface area contributed by atoms with E-state index in [2.05, 4.69) is 45.0 Å². The summed E-state index contributed by atoms with van der Waals surface area (Å²) in [4.78, 5) is 14.6. The molecule has 1 amide bonds. The predicted octanol–water partition coefficient (Wildman–Crippen LogP) is 6.04. The number of ether oxygens (including phenoxy) is 1. The third-order valence-electron chi connectivity index (χ3n) is 6.75. The van der Waals surface area contributed by atoms with Gasteiger partial charge in [-0.25, -0.2) is 4.39 Å². The zero-order valence-corrected chi connectivity index (χ0v) is 19.4. The molecule has 3 rings (SSSR count). The predicted molar refractivity (Wildman–Crippen MR) is 123 cm³/mol. The molecule has 0 aliphatic carbocycles. The average Bonchev–Trinajstić information content (AvgIpc) is 2.77. The minimum atomic E-state index is -0.254. The summed E-state index contributed by atoms with van der Waals surface area (Å²) in [5.41, 5.74) is 3.10. The fourth-order valence-electron chi connectivity index (χ4n) is 4.62. The summed E-state index contributed by atoms with van der Waals surface area (Å²) in [5.74, 6) is 0.252. The summed E-state index contributed by atoms with van der Waals surface area (Å²) < 4.78 is 20.4. The van der Waals surface area contributed by atoms with Gasteiger partial charge in [-0.05, 0) is 43.7 Å². The molecule has 31 heavy (non-hydrogen) atoms. The average molecular weight is 426 g/mol. The molecule has 2 aromatic carbocycles. The number of aryl methyl sites for hydroxylation is 1. The quantitative estimate of drug-likeness (QED) is 0.516. The molecule has 0 aromatic heterocycles. The summed E-state index contributed by atoms with van der Waals surface area (Å²) in [7, 11) is 0. The van der Waals surface area contributed by atoms with E-state index in [0.717, 1.165) is 25.9 Å². The molecule has 0 radical (unpaired) electrons. The van der Waals surface area contributed by atoms with Crippen LogP contribution in [0.25, 0.3) is 0 Å². The third kappa shape index (κ3) is 5.74. The van der Waals surface area contributed by atoms with E-state index in [0.29, 0.717) is 31.0 Å². The summed E-state index contributed by atoms with van der Waals surface area (Å²) in [6, 6.07) is 15.6. The van der Waals surface area contributed by atoms with Gasteiger partial charge < -0.3 is 9.64 Å². The van der Waals surface area contributed by atoms with E-state index in [9.17, 15) is 9.18 Å². The molecule has 0 saturated carbocycles. The van der Waals surface area contributed by atoms with Crippen LogP contribution in [0.4, 0.5) is 4.39 Å². The van der Waals surface area contributed by atoms with E-state index >= 15 is 0 Å². The molecule has 0 spiro atoms. The minimum absolute atomic E-state index is 0.0393. The SMILES string of the molecule is CCC(=O)N(CC[C@@]1(c2ccc(C)cc2)CCO[C@H](C(C)C)C1)Cc1ccccc1F. The Bertz CT molecular complexity index is 864. The fraction of sp³-hybridized carbons (Fsp3) is 0.519. The van der Waals surface area contributed by atoms with Gasteiger partial charge in [-0.15, -0.1) is 0 Å². The normalized spacial score (nSPS) is 21.3. The molecule has 0 unspecified atom stereocenters. The third-order valence-corrected chi connectivity index (χ3v) is 6.75. The maximum Gasteiger partial charge on any atom is 0.222 e. The molecule has 4 heteroatoms. The van der Waals surface area contributed by atoms with Gasteiger partial charge in [-0.1, -0.05) is 68.8 Å². The lowest BCUT2D eigenvalue weighted by atomic mass is 9.68. The van der Waals surface area contributed by atoms with Crippen LogP contribution in [0.2, 0.25) is 0 Å². The molecule has 0 N–H and O–H groups in total. The Morgan fingerprint density at radius 2 is 1.90 bits per heavy atom. The highest BCUT2D eigenvalue weighted by Crippen LogP contribution is 2.42. The Morgan fingerprint density at radius 3 is 2.55 bits per heavy atom. The molecule has 1 saturated heterocycles. The van der Waals surface area contributed by atoms with Gasteiger partial charge >= 0.3 is 0 Å². The summed E-state index contributed by atoms with van der Waals surface area (Å²) in [6.45, 7) is 10.0. The number of rotatable bonds is 8. The van der Waals surface area contributed by atoms with Gasteiger partial charge in [0.25, 0.3) is 0 Å². The van der Waals surface area contributed by atoms with Crippen LogP contribution in [0.5, 0.6) is 0 Å². The maximum atomic E-state index is 14.3. The molecular weight excluding hydrogens is 389 g/mol. The number of halogens is 1. The minimum Gasteiger partial charge on any atom is -0.378 e. The van der Waals surface area contributed by atoms with E-state index in [1.54, 1.807) is 12.1 Å². The van der Waals surface area contributed by atoms with Crippen LogP contribution >= 0.6 is 0 Å². The summed E-state index contributed by atoms with van der Waals surface area (Å²) in [6.07, 6.45) is 3.36. The van der Waals surface area contributed by atoms with Gasteiger partial charge in [-0.2, -0.15) is 0 Å². The Morgan fingerprint density at radius 1 is 1.19 bits per heavy atom. The first-order valence-corrected chi connectivity index (χ1v) is 11.5. The van der Waals surface area contributed by atoms with Crippen LogP contribution < -0.4 is 0 Å². The highest BCUT2D eigenvalue weighted by Gasteiger charge is 2.39. The van der Waals surface area contributed by atoms with Gasteiger partial charge in [0.15, 0.2) is 0 Å². The van der Waals surface area contributed by atoms with Gasteiger partial charge in [0.1, 0.15) is 5.82 Å². The molecule has 1 aliphatic rings. The number of hydrogen-bond acceptors (Lipinski definition) is 2. The van der Waals surface area contributed by atoms with Crippen LogP contribution in [0.1, 0.15) is 63.1 Å². The van der Waals surface area contributed by atoms with Crippen molar-refractivity contribution in [2.45, 2.75) is 71.4 Å². The van der Waals surface area contributed by atoms with Crippen molar-refractivity contribution < 1.29 is 13.9 Å². The van der Waals surface area contributed by atoms with Crippen molar-refractivity contribution in [3.05, 3.63) is 71.0 Å². The van der Waals surface area contributed by atoms with E-state index in [1.165, 1.54) is 17.2 Å². The molecule has 168 valence electrons. The van der Waals surface area contributed by atoms with Crippen molar-refractivity contribution in [3.63, 3.8) is 0 Å². The van der Waals surface area contributed by atoms with Crippen LogP contribution in [0.15, 0.2) is 48.5 Å². The lowest BCUT2D eigenvalue weighted by Gasteiger charge is -2.44. The zero-order valence-electron chi connectivity index (χ0n) is 19.4. The number of amides is 1. The van der Waals surface area contributed by atoms with Crippen molar-refractivity contribution in [2.24, 2.45) is 5.92 Å². The Labute approximate surface area is 186 Å². The largest absolute Gasteiger partial charge is 0.378 e. The van der Waals surface area contributed by atoms with Gasteiger partial charge in [0.05, 0.1) is 6.10 Å². The van der Waals surface area contributed by atoms with Crippen molar-refractivity contribution in [1.29, 1.82) is 0 Å². The van der Waals surface area contributed by atoms with Crippen molar-refractivity contribution in [3.8, 4) is 0 Å². The summed E-state index contributed by atoms with van der Waals surface area (Å²) >= 11 is 0. The van der Waals surface area contributed by atoms with Gasteiger partial charge in [0.2, 0.25) is 5.91 Å². The van der Waals surface area contributed by atoms with Gasteiger partial charge in [-0.3, -0.25) is 4.79 Å². The molecule has 1 fully saturated rings. The van der Waals surface area contributed by atoms with Crippen molar-refractivity contribution in [2.75, 3.05) is 13.2 Å². The monoisotopic (exact) mass is 425 g/mol. The fourth-order valence-corrected chi connectivity index (χ4v) is 4.62. The first-order chi connectivity index (χ1) is 14.8. The highest BCUT2D eigenvalue weighted by atomic mass is 19.1. The molecule has 2 atom stereocenters. The van der Waals surface area contributed by atoms with E-state index < -0.39 is 0 Å². The Hall–Kier alpha value is -2.20. The molecule has 2 aromatic rings. The Kier molecular flexibility index (Phi) is 7.88. The van der Waals surface area contributed by atoms with E-state index in [-0.39, 0.29) is 23.2 Å². The first kappa shape index (κ1) is 23.5. The van der Waals surface area contributed by atoms with Gasteiger partial charge in [0, 0.05) is 37.1 Å². The summed E-state index contributed by atoms with van der Waals surface area (Å²) in [5, 5.41) is 0. The van der Waals surface area contributed by atoms with Crippen molar-refractivity contribution in [1.82, 2.24) is 4.90 Å². The van der Waals surface area contributed by atoms with Crippen molar-refractivity contribution >= 4 is 5.91 Å². The molecule has 1 heterocycles.